The van der Waals surface area contributed by atoms with Crippen LogP contribution in [-0.4, -0.2) is 24.5 Å². The van der Waals surface area contributed by atoms with Crippen LogP contribution in [-0.2, 0) is 15.7 Å². The van der Waals surface area contributed by atoms with Crippen molar-refractivity contribution in [1.82, 2.24) is 5.32 Å². The predicted octanol–water partition coefficient (Wildman–Crippen LogP) is 3.70. The molecule has 2 rings (SSSR count). The number of esters is 1. The lowest BCUT2D eigenvalue weighted by molar-refractivity contribution is -0.137. The molecule has 0 aliphatic heterocycles. The number of halogens is 3. The molecule has 1 amide bonds. The van der Waals surface area contributed by atoms with E-state index in [0.29, 0.717) is 6.07 Å². The molecule has 1 aliphatic carbocycles. The zero-order valence-corrected chi connectivity index (χ0v) is 13.2. The molecule has 0 atom stereocenters. The highest BCUT2D eigenvalue weighted by molar-refractivity contribution is 5.91. The first-order chi connectivity index (χ1) is 11.4. The van der Waals surface area contributed by atoms with Crippen molar-refractivity contribution in [2.45, 2.75) is 50.7 Å². The Bertz CT molecular complexity index is 579. The van der Waals surface area contributed by atoms with Gasteiger partial charge in [-0.15, -0.1) is 0 Å². The van der Waals surface area contributed by atoms with Crippen LogP contribution in [0.5, 0.6) is 0 Å². The summed E-state index contributed by atoms with van der Waals surface area (Å²) in [5, 5.41) is 2.81. The fraction of sp³-hybridized carbons (Fsp3) is 0.529. The molecular formula is C17H20F3NO3. The number of hydrogen-bond acceptors (Lipinski definition) is 3. The first kappa shape index (κ1) is 18.3. The largest absolute Gasteiger partial charge is 0.452 e. The SMILES string of the molecule is O=C(COC(=O)c1cccc(C(F)(F)F)c1)NC1CCCCCC1. The topological polar surface area (TPSA) is 55.4 Å². The lowest BCUT2D eigenvalue weighted by atomic mass is 10.1. The summed E-state index contributed by atoms with van der Waals surface area (Å²) < 4.78 is 42.7. The molecule has 0 aromatic heterocycles. The molecule has 1 aromatic carbocycles. The van der Waals surface area contributed by atoms with Gasteiger partial charge in [0.2, 0.25) is 0 Å². The lowest BCUT2D eigenvalue weighted by Gasteiger charge is -2.16. The molecular weight excluding hydrogens is 323 g/mol. The van der Waals surface area contributed by atoms with Crippen molar-refractivity contribution in [3.63, 3.8) is 0 Å². The molecule has 132 valence electrons. The Morgan fingerprint density at radius 3 is 2.42 bits per heavy atom. The number of carbonyl (C=O) groups excluding carboxylic acids is 2. The monoisotopic (exact) mass is 343 g/mol. The molecule has 0 radical (unpaired) electrons. The van der Waals surface area contributed by atoms with Crippen molar-refractivity contribution in [1.29, 1.82) is 0 Å². The molecule has 4 nitrogen and oxygen atoms in total. The van der Waals surface area contributed by atoms with Crippen LogP contribution in [0.4, 0.5) is 13.2 Å². The molecule has 1 N–H and O–H groups in total. The first-order valence-corrected chi connectivity index (χ1v) is 8.00. The van der Waals surface area contributed by atoms with Crippen LogP contribution in [0.25, 0.3) is 0 Å². The zero-order valence-electron chi connectivity index (χ0n) is 13.2. The summed E-state index contributed by atoms with van der Waals surface area (Å²) in [5.74, 6) is -1.38. The molecule has 0 heterocycles. The maximum Gasteiger partial charge on any atom is 0.416 e. The molecule has 0 saturated heterocycles. The summed E-state index contributed by atoms with van der Waals surface area (Å²) >= 11 is 0. The summed E-state index contributed by atoms with van der Waals surface area (Å²) in [4.78, 5) is 23.6. The number of benzene rings is 1. The number of ether oxygens (including phenoxy) is 1. The second-order valence-corrected chi connectivity index (χ2v) is 5.91. The Labute approximate surface area is 138 Å². The van der Waals surface area contributed by atoms with Crippen LogP contribution in [0.15, 0.2) is 24.3 Å². The molecule has 1 aliphatic rings. The minimum absolute atomic E-state index is 0.0762. The van der Waals surface area contributed by atoms with Gasteiger partial charge in [-0.1, -0.05) is 31.7 Å². The third-order valence-corrected chi connectivity index (χ3v) is 3.98. The molecule has 1 saturated carbocycles. The quantitative estimate of drug-likeness (QED) is 0.670. The maximum absolute atomic E-state index is 12.6. The zero-order chi connectivity index (χ0) is 17.6. The van der Waals surface area contributed by atoms with E-state index in [1.807, 2.05) is 0 Å². The summed E-state index contributed by atoms with van der Waals surface area (Å²) in [7, 11) is 0. The number of rotatable bonds is 4. The molecule has 24 heavy (non-hydrogen) atoms. The van der Waals surface area contributed by atoms with Gasteiger partial charge in [-0.2, -0.15) is 13.2 Å². The van der Waals surface area contributed by atoms with Crippen LogP contribution in [0.2, 0.25) is 0 Å². The molecule has 1 aromatic rings. The van der Waals surface area contributed by atoms with Crippen molar-refractivity contribution < 1.29 is 27.5 Å². The van der Waals surface area contributed by atoms with Gasteiger partial charge >= 0.3 is 12.1 Å². The number of amides is 1. The van der Waals surface area contributed by atoms with E-state index < -0.39 is 30.2 Å². The second-order valence-electron chi connectivity index (χ2n) is 5.91. The standard InChI is InChI=1S/C17H20F3NO3/c18-17(19,20)13-7-5-6-12(10-13)16(23)24-11-15(22)21-14-8-3-1-2-4-9-14/h5-7,10,14H,1-4,8-9,11H2,(H,21,22). The van der Waals surface area contributed by atoms with E-state index in [1.54, 1.807) is 0 Å². The van der Waals surface area contributed by atoms with Crippen molar-refractivity contribution in [3.8, 4) is 0 Å². The van der Waals surface area contributed by atoms with Crippen LogP contribution in [0.3, 0.4) is 0 Å². The number of carbonyl (C=O) groups is 2. The third kappa shape index (κ3) is 5.54. The fourth-order valence-corrected chi connectivity index (χ4v) is 2.73. The molecule has 7 heteroatoms. The summed E-state index contributed by atoms with van der Waals surface area (Å²) in [6, 6.07) is 4.01. The normalized spacial score (nSPS) is 16.3. The van der Waals surface area contributed by atoms with Crippen LogP contribution in [0, 0.1) is 0 Å². The lowest BCUT2D eigenvalue weighted by Crippen LogP contribution is -2.37. The van der Waals surface area contributed by atoms with E-state index in [2.05, 4.69) is 5.32 Å². The molecule has 0 bridgehead atoms. The second kappa shape index (κ2) is 8.17. The fourth-order valence-electron chi connectivity index (χ4n) is 2.73. The van der Waals surface area contributed by atoms with Crippen LogP contribution < -0.4 is 5.32 Å². The van der Waals surface area contributed by atoms with Crippen molar-refractivity contribution in [2.24, 2.45) is 0 Å². The maximum atomic E-state index is 12.6. The Hall–Kier alpha value is -2.05. The highest BCUT2D eigenvalue weighted by Crippen LogP contribution is 2.29. The van der Waals surface area contributed by atoms with E-state index in [1.165, 1.54) is 6.07 Å². The Balaban J connectivity index is 1.85. The van der Waals surface area contributed by atoms with E-state index in [4.69, 9.17) is 4.74 Å². The third-order valence-electron chi connectivity index (χ3n) is 3.98. The predicted molar refractivity (Wildman–Crippen MR) is 81.4 cm³/mol. The van der Waals surface area contributed by atoms with Gasteiger partial charge in [0.1, 0.15) is 0 Å². The summed E-state index contributed by atoms with van der Waals surface area (Å²) in [6.45, 7) is -0.494. The van der Waals surface area contributed by atoms with E-state index >= 15 is 0 Å². The van der Waals surface area contributed by atoms with E-state index in [9.17, 15) is 22.8 Å². The Kier molecular flexibility index (Phi) is 6.23. The van der Waals surface area contributed by atoms with Gasteiger partial charge in [-0.05, 0) is 31.0 Å². The summed E-state index contributed by atoms with van der Waals surface area (Å²) in [6.07, 6.45) is 1.66. The molecule has 0 unspecified atom stereocenters. The van der Waals surface area contributed by atoms with Crippen LogP contribution >= 0.6 is 0 Å². The number of hydrogen-bond donors (Lipinski definition) is 1. The number of alkyl halides is 3. The van der Waals surface area contributed by atoms with Gasteiger partial charge in [0.05, 0.1) is 11.1 Å². The first-order valence-electron chi connectivity index (χ1n) is 8.00. The molecule has 0 spiro atoms. The van der Waals surface area contributed by atoms with Gasteiger partial charge in [0, 0.05) is 6.04 Å². The minimum Gasteiger partial charge on any atom is -0.452 e. The Morgan fingerprint density at radius 1 is 1.12 bits per heavy atom. The molecule has 1 fully saturated rings. The van der Waals surface area contributed by atoms with Gasteiger partial charge < -0.3 is 10.1 Å². The average Bonchev–Trinajstić information content (AvgIpc) is 2.80. The van der Waals surface area contributed by atoms with Crippen LogP contribution in [0.1, 0.15) is 54.4 Å². The van der Waals surface area contributed by atoms with Gasteiger partial charge in [0.25, 0.3) is 5.91 Å². The van der Waals surface area contributed by atoms with Gasteiger partial charge in [-0.25, -0.2) is 4.79 Å². The highest BCUT2D eigenvalue weighted by atomic mass is 19.4. The minimum atomic E-state index is -4.53. The smallest absolute Gasteiger partial charge is 0.416 e. The van der Waals surface area contributed by atoms with Crippen molar-refractivity contribution >= 4 is 11.9 Å². The van der Waals surface area contributed by atoms with Gasteiger partial charge in [0.15, 0.2) is 6.61 Å². The number of nitrogens with one attached hydrogen (secondary N) is 1. The highest BCUT2D eigenvalue weighted by Gasteiger charge is 2.31. The van der Waals surface area contributed by atoms with Crippen molar-refractivity contribution in [2.75, 3.05) is 6.61 Å². The van der Waals surface area contributed by atoms with E-state index in [-0.39, 0.29) is 11.6 Å². The summed E-state index contributed by atoms with van der Waals surface area (Å²) in [5.41, 5.74) is -1.16. The van der Waals surface area contributed by atoms with Gasteiger partial charge in [-0.3, -0.25) is 4.79 Å². The van der Waals surface area contributed by atoms with E-state index in [0.717, 1.165) is 50.7 Å². The van der Waals surface area contributed by atoms with Crippen molar-refractivity contribution in [3.05, 3.63) is 35.4 Å². The Morgan fingerprint density at radius 2 is 1.79 bits per heavy atom. The average molecular weight is 343 g/mol.